The topological polar surface area (TPSA) is 86.8 Å². The van der Waals surface area contributed by atoms with E-state index in [2.05, 4.69) is 5.32 Å². The van der Waals surface area contributed by atoms with Gasteiger partial charge in [-0.2, -0.15) is 0 Å². The van der Waals surface area contributed by atoms with E-state index in [0.29, 0.717) is 21.3 Å². The molecule has 192 valence electrons. The summed E-state index contributed by atoms with van der Waals surface area (Å²) in [4.78, 5) is 27.9. The van der Waals surface area contributed by atoms with E-state index in [1.165, 1.54) is 4.90 Å². The van der Waals surface area contributed by atoms with Gasteiger partial charge in [0.2, 0.25) is 21.8 Å². The molecule has 7 nitrogen and oxygen atoms in total. The van der Waals surface area contributed by atoms with Gasteiger partial charge in [-0.15, -0.1) is 0 Å². The first-order valence-electron chi connectivity index (χ1n) is 11.3. The number of nitrogens with one attached hydrogen (secondary N) is 1. The summed E-state index contributed by atoms with van der Waals surface area (Å²) in [6.07, 6.45) is 1.77. The molecular weight excluding hydrogens is 509 g/mol. The van der Waals surface area contributed by atoms with E-state index in [1.54, 1.807) is 37.3 Å². The first-order chi connectivity index (χ1) is 16.2. The summed E-state index contributed by atoms with van der Waals surface area (Å²) in [7, 11) is -3.81. The second kappa shape index (κ2) is 12.1. The van der Waals surface area contributed by atoms with Crippen LogP contribution in [-0.4, -0.2) is 50.0 Å². The number of sulfonamides is 1. The predicted octanol–water partition coefficient (Wildman–Crippen LogP) is 4.71. The van der Waals surface area contributed by atoms with E-state index in [1.807, 2.05) is 33.8 Å². The summed E-state index contributed by atoms with van der Waals surface area (Å²) in [6, 6.07) is 9.31. The normalized spacial score (nSPS) is 13.1. The van der Waals surface area contributed by atoms with Crippen molar-refractivity contribution >= 4 is 50.7 Å². The van der Waals surface area contributed by atoms with Crippen LogP contribution in [0.15, 0.2) is 36.4 Å². The number of benzene rings is 2. The molecule has 0 aliphatic rings. The fourth-order valence-electron chi connectivity index (χ4n) is 3.61. The average Bonchev–Trinajstić information content (AvgIpc) is 2.75. The summed E-state index contributed by atoms with van der Waals surface area (Å²) in [6.45, 7) is 8.57. The molecule has 2 rings (SSSR count). The van der Waals surface area contributed by atoms with Crippen LogP contribution in [0.1, 0.15) is 43.9 Å². The van der Waals surface area contributed by atoms with Crippen molar-refractivity contribution in [1.82, 2.24) is 10.2 Å². The Morgan fingerprint density at radius 2 is 1.57 bits per heavy atom. The minimum atomic E-state index is -3.81. The van der Waals surface area contributed by atoms with E-state index in [4.69, 9.17) is 23.2 Å². The molecule has 0 aliphatic heterocycles. The third kappa shape index (κ3) is 7.85. The number of anilines is 1. The molecule has 10 heteroatoms. The van der Waals surface area contributed by atoms with Crippen molar-refractivity contribution in [2.24, 2.45) is 0 Å². The van der Waals surface area contributed by atoms with E-state index < -0.39 is 28.5 Å². The average molecular weight is 543 g/mol. The molecule has 2 aromatic carbocycles. The van der Waals surface area contributed by atoms with Crippen LogP contribution < -0.4 is 9.62 Å². The number of rotatable bonds is 10. The van der Waals surface area contributed by atoms with Crippen molar-refractivity contribution in [3.63, 3.8) is 0 Å². The Morgan fingerprint density at radius 3 is 2.06 bits per heavy atom. The molecule has 0 heterocycles. The lowest BCUT2D eigenvalue weighted by molar-refractivity contribution is -0.139. The van der Waals surface area contributed by atoms with Gasteiger partial charge in [0.25, 0.3) is 0 Å². The second-order valence-electron chi connectivity index (χ2n) is 8.83. The first kappa shape index (κ1) is 28.9. The summed E-state index contributed by atoms with van der Waals surface area (Å²) in [5.74, 6) is -0.912. The Hall–Kier alpha value is -2.29. The Kier molecular flexibility index (Phi) is 10.0. The molecule has 2 atom stereocenters. The second-order valence-corrected chi connectivity index (χ2v) is 11.6. The smallest absolute Gasteiger partial charge is 0.244 e. The third-order valence-corrected chi connectivity index (χ3v) is 7.58. The van der Waals surface area contributed by atoms with Gasteiger partial charge in [-0.25, -0.2) is 8.42 Å². The van der Waals surface area contributed by atoms with Crippen molar-refractivity contribution in [3.8, 4) is 0 Å². The van der Waals surface area contributed by atoms with Crippen molar-refractivity contribution in [2.75, 3.05) is 17.1 Å². The van der Waals surface area contributed by atoms with E-state index >= 15 is 0 Å². The van der Waals surface area contributed by atoms with E-state index in [9.17, 15) is 18.0 Å². The highest BCUT2D eigenvalue weighted by molar-refractivity contribution is 7.92. The minimum absolute atomic E-state index is 0.0587. The lowest BCUT2D eigenvalue weighted by atomic mass is 10.1. The van der Waals surface area contributed by atoms with Gasteiger partial charge in [-0.05, 0) is 69.5 Å². The number of amides is 2. The maximum Gasteiger partial charge on any atom is 0.244 e. The Morgan fingerprint density at radius 1 is 1.03 bits per heavy atom. The Bertz CT molecular complexity index is 1150. The highest BCUT2D eigenvalue weighted by Gasteiger charge is 2.31. The third-order valence-electron chi connectivity index (χ3n) is 5.73. The highest BCUT2D eigenvalue weighted by atomic mass is 35.5. The quantitative estimate of drug-likeness (QED) is 0.471. The van der Waals surface area contributed by atoms with Crippen LogP contribution in [0.3, 0.4) is 0 Å². The van der Waals surface area contributed by atoms with Gasteiger partial charge in [0, 0.05) is 28.2 Å². The molecular formula is C25H33Cl2N3O4S. The first-order valence-corrected chi connectivity index (χ1v) is 13.9. The molecule has 0 spiro atoms. The fraction of sp³-hybridized carbons (Fsp3) is 0.440. The maximum absolute atomic E-state index is 13.6. The zero-order valence-corrected chi connectivity index (χ0v) is 23.3. The number of halogens is 2. The van der Waals surface area contributed by atoms with Gasteiger partial charge in [-0.3, -0.25) is 13.9 Å². The summed E-state index contributed by atoms with van der Waals surface area (Å²) >= 11 is 12.7. The molecule has 2 aromatic rings. The molecule has 0 saturated carbocycles. The van der Waals surface area contributed by atoms with Crippen LogP contribution in [0.4, 0.5) is 5.69 Å². The predicted molar refractivity (Wildman–Crippen MR) is 142 cm³/mol. The number of hydrogen-bond donors (Lipinski definition) is 1. The molecule has 2 amide bonds. The van der Waals surface area contributed by atoms with Crippen LogP contribution in [0.2, 0.25) is 10.0 Å². The molecule has 0 unspecified atom stereocenters. The monoisotopic (exact) mass is 541 g/mol. The number of carbonyl (C=O) groups excluding carboxylic acids is 2. The van der Waals surface area contributed by atoms with Crippen LogP contribution in [0.5, 0.6) is 0 Å². The fourth-order valence-corrected chi connectivity index (χ4v) is 4.96. The molecule has 0 fully saturated rings. The van der Waals surface area contributed by atoms with Gasteiger partial charge < -0.3 is 10.2 Å². The standard InChI is InChI=1S/C25H33Cl2N3O4S/c1-7-18(4)28-25(32)19(5)29(14-21-22(26)9-8-10-23(21)27)24(31)15-30(35(6,33)34)20-12-16(2)11-17(3)13-20/h8-13,18-19H,7,14-15H2,1-6H3,(H,28,32)/t18-,19+/m1/s1. The van der Waals surface area contributed by atoms with Crippen molar-refractivity contribution in [1.29, 1.82) is 0 Å². The van der Waals surface area contributed by atoms with Crippen LogP contribution in [-0.2, 0) is 26.2 Å². The largest absolute Gasteiger partial charge is 0.352 e. The summed E-state index contributed by atoms with van der Waals surface area (Å²) in [5, 5.41) is 3.57. The molecule has 1 N–H and O–H groups in total. The van der Waals surface area contributed by atoms with Gasteiger partial charge in [0.15, 0.2) is 0 Å². The van der Waals surface area contributed by atoms with Gasteiger partial charge in [0.05, 0.1) is 11.9 Å². The number of carbonyl (C=O) groups is 2. The number of aryl methyl sites for hydroxylation is 2. The lowest BCUT2D eigenvalue weighted by Crippen LogP contribution is -2.52. The molecule has 0 aromatic heterocycles. The molecule has 0 radical (unpaired) electrons. The van der Waals surface area contributed by atoms with Crippen LogP contribution in [0, 0.1) is 13.8 Å². The Balaban J connectivity index is 2.48. The molecule has 0 saturated heterocycles. The SMILES string of the molecule is CC[C@@H](C)NC(=O)[C@H](C)N(Cc1c(Cl)cccc1Cl)C(=O)CN(c1cc(C)cc(C)c1)S(C)(=O)=O. The zero-order chi connectivity index (χ0) is 26.5. The highest BCUT2D eigenvalue weighted by Crippen LogP contribution is 2.27. The van der Waals surface area contributed by atoms with Crippen molar-refractivity contribution < 1.29 is 18.0 Å². The zero-order valence-electron chi connectivity index (χ0n) is 20.9. The van der Waals surface area contributed by atoms with Crippen molar-refractivity contribution in [3.05, 3.63) is 63.1 Å². The van der Waals surface area contributed by atoms with E-state index in [0.717, 1.165) is 28.1 Å². The maximum atomic E-state index is 13.6. The van der Waals surface area contributed by atoms with Gasteiger partial charge in [-0.1, -0.05) is 42.3 Å². The molecule has 0 bridgehead atoms. The summed E-state index contributed by atoms with van der Waals surface area (Å²) in [5.41, 5.74) is 2.58. The summed E-state index contributed by atoms with van der Waals surface area (Å²) < 4.78 is 26.5. The van der Waals surface area contributed by atoms with Gasteiger partial charge >= 0.3 is 0 Å². The van der Waals surface area contributed by atoms with Gasteiger partial charge in [0.1, 0.15) is 12.6 Å². The van der Waals surface area contributed by atoms with Crippen LogP contribution >= 0.6 is 23.2 Å². The molecule has 0 aliphatic carbocycles. The minimum Gasteiger partial charge on any atom is -0.352 e. The van der Waals surface area contributed by atoms with Crippen molar-refractivity contribution in [2.45, 2.75) is 59.7 Å². The number of hydrogen-bond acceptors (Lipinski definition) is 4. The Labute approximate surface area is 218 Å². The lowest BCUT2D eigenvalue weighted by Gasteiger charge is -2.32. The van der Waals surface area contributed by atoms with E-state index in [-0.39, 0.29) is 18.5 Å². The molecule has 35 heavy (non-hydrogen) atoms. The van der Waals surface area contributed by atoms with Crippen LogP contribution in [0.25, 0.3) is 0 Å². The number of nitrogens with zero attached hydrogens (tertiary/aromatic N) is 2.